The zero-order valence-corrected chi connectivity index (χ0v) is 10.1. The van der Waals surface area contributed by atoms with Gasteiger partial charge in [0.25, 0.3) is 0 Å². The number of aromatic nitrogens is 1. The fraction of sp³-hybridized carbons (Fsp3) is 0.583. The second kappa shape index (κ2) is 8.07. The molecule has 1 heterocycles. The van der Waals surface area contributed by atoms with Crippen LogP contribution >= 0.6 is 0 Å². The summed E-state index contributed by atoms with van der Waals surface area (Å²) in [5, 5.41) is 6.54. The smallest absolute Gasteiger partial charge is 0.126 e. The van der Waals surface area contributed by atoms with Gasteiger partial charge in [0.2, 0.25) is 0 Å². The van der Waals surface area contributed by atoms with Crippen LogP contribution in [0.3, 0.4) is 0 Å². The van der Waals surface area contributed by atoms with E-state index < -0.39 is 0 Å². The van der Waals surface area contributed by atoms with Crippen LogP contribution in [0.4, 0.5) is 5.82 Å². The summed E-state index contributed by atoms with van der Waals surface area (Å²) in [6, 6.07) is 6.02. The van der Waals surface area contributed by atoms with Crippen LogP contribution in [0.1, 0.15) is 19.0 Å². The molecule has 90 valence electrons. The first-order valence-corrected chi connectivity index (χ1v) is 5.76. The molecule has 1 rings (SSSR count). The van der Waals surface area contributed by atoms with Crippen molar-refractivity contribution in [1.82, 2.24) is 10.3 Å². The monoisotopic (exact) mass is 223 g/mol. The van der Waals surface area contributed by atoms with Crippen LogP contribution in [0.25, 0.3) is 0 Å². The van der Waals surface area contributed by atoms with E-state index in [9.17, 15) is 0 Å². The van der Waals surface area contributed by atoms with Crippen LogP contribution in [0, 0.1) is 0 Å². The zero-order valence-electron chi connectivity index (χ0n) is 10.1. The van der Waals surface area contributed by atoms with Gasteiger partial charge in [-0.2, -0.15) is 0 Å². The predicted molar refractivity (Wildman–Crippen MR) is 66.6 cm³/mol. The van der Waals surface area contributed by atoms with Crippen molar-refractivity contribution in [1.29, 1.82) is 0 Å². The first-order valence-electron chi connectivity index (χ1n) is 5.76. The van der Waals surface area contributed by atoms with E-state index in [1.807, 2.05) is 18.2 Å². The average molecular weight is 223 g/mol. The lowest BCUT2D eigenvalue weighted by Crippen LogP contribution is -2.15. The Hall–Kier alpha value is -1.13. The highest BCUT2D eigenvalue weighted by Gasteiger charge is 1.96. The number of hydrogen-bond acceptors (Lipinski definition) is 4. The molecule has 4 heteroatoms. The minimum absolute atomic E-state index is 0.694. The highest BCUT2D eigenvalue weighted by atomic mass is 16.5. The van der Waals surface area contributed by atoms with Crippen LogP contribution in [0.15, 0.2) is 18.2 Å². The van der Waals surface area contributed by atoms with Crippen LogP contribution < -0.4 is 10.6 Å². The van der Waals surface area contributed by atoms with Crippen molar-refractivity contribution in [2.75, 3.05) is 32.1 Å². The largest absolute Gasteiger partial charge is 0.383 e. The molecule has 0 aliphatic carbocycles. The molecule has 0 spiro atoms. The quantitative estimate of drug-likeness (QED) is 0.658. The van der Waals surface area contributed by atoms with Gasteiger partial charge in [-0.3, -0.25) is 0 Å². The van der Waals surface area contributed by atoms with Gasteiger partial charge in [0.1, 0.15) is 5.82 Å². The Bertz CT molecular complexity index is 266. The van der Waals surface area contributed by atoms with Gasteiger partial charge in [-0.15, -0.1) is 0 Å². The van der Waals surface area contributed by atoms with Crippen LogP contribution in [0.2, 0.25) is 0 Å². The lowest BCUT2D eigenvalue weighted by molar-refractivity contribution is 0.210. The minimum atomic E-state index is 0.694. The third-order valence-electron chi connectivity index (χ3n) is 2.15. The van der Waals surface area contributed by atoms with Gasteiger partial charge < -0.3 is 15.4 Å². The van der Waals surface area contributed by atoms with Crippen LogP contribution in [0.5, 0.6) is 0 Å². The van der Waals surface area contributed by atoms with Gasteiger partial charge in [-0.1, -0.05) is 13.0 Å². The number of anilines is 1. The van der Waals surface area contributed by atoms with Gasteiger partial charge in [-0.05, 0) is 25.1 Å². The molecule has 0 amide bonds. The van der Waals surface area contributed by atoms with Crippen molar-refractivity contribution in [2.24, 2.45) is 0 Å². The Morgan fingerprint density at radius 2 is 2.19 bits per heavy atom. The minimum Gasteiger partial charge on any atom is -0.383 e. The maximum Gasteiger partial charge on any atom is 0.126 e. The summed E-state index contributed by atoms with van der Waals surface area (Å²) in [7, 11) is 1.69. The van der Waals surface area contributed by atoms with Crippen molar-refractivity contribution < 1.29 is 4.74 Å². The second-order valence-electron chi connectivity index (χ2n) is 3.61. The van der Waals surface area contributed by atoms with E-state index in [0.29, 0.717) is 6.61 Å². The summed E-state index contributed by atoms with van der Waals surface area (Å²) in [6.45, 7) is 5.50. The van der Waals surface area contributed by atoms with Gasteiger partial charge >= 0.3 is 0 Å². The molecule has 0 unspecified atom stereocenters. The zero-order chi connectivity index (χ0) is 11.6. The van der Waals surface area contributed by atoms with Gasteiger partial charge in [0.05, 0.1) is 12.3 Å². The molecule has 0 aliphatic rings. The number of nitrogens with one attached hydrogen (secondary N) is 2. The predicted octanol–water partition coefficient (Wildman–Crippen LogP) is 1.64. The Labute approximate surface area is 97.4 Å². The topological polar surface area (TPSA) is 46.2 Å². The molecule has 1 aromatic heterocycles. The van der Waals surface area contributed by atoms with Crippen molar-refractivity contribution in [3.05, 3.63) is 23.9 Å². The maximum atomic E-state index is 4.97. The number of rotatable bonds is 8. The van der Waals surface area contributed by atoms with E-state index in [2.05, 4.69) is 22.5 Å². The molecule has 0 aromatic carbocycles. The first-order chi connectivity index (χ1) is 7.86. The summed E-state index contributed by atoms with van der Waals surface area (Å²) in [5.74, 6) is 0.910. The third-order valence-corrected chi connectivity index (χ3v) is 2.15. The van der Waals surface area contributed by atoms with Crippen LogP contribution in [-0.2, 0) is 11.3 Å². The highest BCUT2D eigenvalue weighted by molar-refractivity contribution is 5.35. The molecule has 16 heavy (non-hydrogen) atoms. The average Bonchev–Trinajstić information content (AvgIpc) is 2.30. The number of pyridine rings is 1. The van der Waals surface area contributed by atoms with Crippen molar-refractivity contribution >= 4 is 5.82 Å². The molecule has 0 saturated carbocycles. The highest BCUT2D eigenvalue weighted by Crippen LogP contribution is 2.04. The fourth-order valence-electron chi connectivity index (χ4n) is 1.35. The summed E-state index contributed by atoms with van der Waals surface area (Å²) < 4.78 is 4.97. The van der Waals surface area contributed by atoms with Crippen molar-refractivity contribution in [3.8, 4) is 0 Å². The molecule has 4 nitrogen and oxygen atoms in total. The Morgan fingerprint density at radius 1 is 1.31 bits per heavy atom. The fourth-order valence-corrected chi connectivity index (χ4v) is 1.35. The van der Waals surface area contributed by atoms with E-state index >= 15 is 0 Å². The third kappa shape index (κ3) is 5.09. The number of hydrogen-bond donors (Lipinski definition) is 2. The number of methoxy groups -OCH3 is 1. The van der Waals surface area contributed by atoms with Crippen molar-refractivity contribution in [2.45, 2.75) is 19.9 Å². The molecule has 1 aromatic rings. The van der Waals surface area contributed by atoms with E-state index in [4.69, 9.17) is 4.74 Å². The maximum absolute atomic E-state index is 4.97. The molecule has 0 atom stereocenters. The number of nitrogens with zero attached hydrogens (tertiary/aromatic N) is 1. The van der Waals surface area contributed by atoms with E-state index in [-0.39, 0.29) is 0 Å². The molecule has 0 bridgehead atoms. The Kier molecular flexibility index (Phi) is 6.53. The Balaban J connectivity index is 2.37. The molecular weight excluding hydrogens is 202 g/mol. The normalized spacial score (nSPS) is 10.4. The van der Waals surface area contributed by atoms with Gasteiger partial charge in [0.15, 0.2) is 0 Å². The molecule has 0 aliphatic heterocycles. The lowest BCUT2D eigenvalue weighted by Gasteiger charge is -2.07. The molecule has 0 saturated heterocycles. The molecule has 0 radical (unpaired) electrons. The molecular formula is C12H21N3O. The van der Waals surface area contributed by atoms with Gasteiger partial charge in [-0.25, -0.2) is 4.98 Å². The van der Waals surface area contributed by atoms with Crippen molar-refractivity contribution in [3.63, 3.8) is 0 Å². The van der Waals surface area contributed by atoms with Crippen LogP contribution in [-0.4, -0.2) is 31.8 Å². The van der Waals surface area contributed by atoms with Gasteiger partial charge in [0, 0.05) is 20.2 Å². The number of ether oxygens (including phenoxy) is 1. The lowest BCUT2D eigenvalue weighted by atomic mass is 10.3. The standard InChI is InChI=1S/C12H21N3O/c1-3-7-13-10-11-5-4-6-12(15-11)14-8-9-16-2/h4-6,13H,3,7-10H2,1-2H3,(H,14,15). The molecule has 0 fully saturated rings. The Morgan fingerprint density at radius 3 is 2.94 bits per heavy atom. The molecule has 2 N–H and O–H groups in total. The van der Waals surface area contributed by atoms with E-state index in [0.717, 1.165) is 37.6 Å². The second-order valence-corrected chi connectivity index (χ2v) is 3.61. The summed E-state index contributed by atoms with van der Waals surface area (Å²) in [4.78, 5) is 4.49. The van der Waals surface area contributed by atoms with E-state index in [1.165, 1.54) is 0 Å². The summed E-state index contributed by atoms with van der Waals surface area (Å²) in [6.07, 6.45) is 1.14. The SMILES string of the molecule is CCCNCc1cccc(NCCOC)n1. The van der Waals surface area contributed by atoms with E-state index in [1.54, 1.807) is 7.11 Å². The summed E-state index contributed by atoms with van der Waals surface area (Å²) in [5.41, 5.74) is 1.07. The first kappa shape index (κ1) is 12.9. The summed E-state index contributed by atoms with van der Waals surface area (Å²) >= 11 is 0.